The Kier molecular flexibility index (Phi) is 6.89. The van der Waals surface area contributed by atoms with Crippen molar-refractivity contribution in [3.63, 3.8) is 0 Å². The monoisotopic (exact) mass is 613 g/mol. The zero-order valence-electron chi connectivity index (χ0n) is 20.2. The molecule has 1 fully saturated rings. The minimum atomic E-state index is -4.63. The summed E-state index contributed by atoms with van der Waals surface area (Å²) in [5.41, 5.74) is -0.790. The van der Waals surface area contributed by atoms with Crippen LogP contribution >= 0.6 is 11.6 Å². The second-order valence-corrected chi connectivity index (χ2v) is 13.2. The Hall–Kier alpha value is -3.53. The van der Waals surface area contributed by atoms with Crippen molar-refractivity contribution in [2.75, 3.05) is 11.5 Å². The van der Waals surface area contributed by atoms with Crippen molar-refractivity contribution in [1.29, 1.82) is 0 Å². The lowest BCUT2D eigenvalue weighted by molar-refractivity contribution is -0.137. The summed E-state index contributed by atoms with van der Waals surface area (Å²) in [4.78, 5) is 17.6. The number of carbonyl (C=O) groups is 1. The summed E-state index contributed by atoms with van der Waals surface area (Å²) in [7, 11) is -8.01. The number of sulfone groups is 1. The van der Waals surface area contributed by atoms with Gasteiger partial charge < -0.3 is 5.32 Å². The van der Waals surface area contributed by atoms with Gasteiger partial charge in [0.05, 0.1) is 22.8 Å². The molecule has 3 N–H and O–H groups in total. The Morgan fingerprint density at radius 3 is 2.35 bits per heavy atom. The van der Waals surface area contributed by atoms with Crippen molar-refractivity contribution in [3.05, 3.63) is 70.9 Å². The summed E-state index contributed by atoms with van der Waals surface area (Å²) >= 11 is 6.40. The second-order valence-electron chi connectivity index (χ2n) is 9.11. The van der Waals surface area contributed by atoms with E-state index in [1.165, 1.54) is 18.3 Å². The third-order valence-corrected chi connectivity index (χ3v) is 9.25. The van der Waals surface area contributed by atoms with Crippen molar-refractivity contribution < 1.29 is 34.8 Å². The number of primary sulfonamides is 1. The van der Waals surface area contributed by atoms with E-state index in [4.69, 9.17) is 16.7 Å². The van der Waals surface area contributed by atoms with Crippen LogP contribution < -0.4 is 10.5 Å². The highest BCUT2D eigenvalue weighted by Crippen LogP contribution is 2.38. The fourth-order valence-corrected chi connectivity index (χ4v) is 7.08. The van der Waals surface area contributed by atoms with Crippen LogP contribution in [0.1, 0.15) is 22.3 Å². The molecule has 5 rings (SSSR count). The molecule has 16 heteroatoms. The molecule has 0 aliphatic carbocycles. The largest absolute Gasteiger partial charge is 0.416 e. The first-order valence-electron chi connectivity index (χ1n) is 11.5. The number of hydrogen-bond donors (Lipinski definition) is 2. The van der Waals surface area contributed by atoms with E-state index >= 15 is 0 Å². The number of nitrogens with zero attached hydrogens (tertiary/aromatic N) is 3. The van der Waals surface area contributed by atoms with Crippen LogP contribution in [0.3, 0.4) is 0 Å². The number of halogens is 4. The summed E-state index contributed by atoms with van der Waals surface area (Å²) in [6.45, 7) is 0. The van der Waals surface area contributed by atoms with Gasteiger partial charge in [0.1, 0.15) is 5.56 Å². The zero-order valence-corrected chi connectivity index (χ0v) is 22.6. The maximum absolute atomic E-state index is 13.3. The van der Waals surface area contributed by atoms with Crippen molar-refractivity contribution in [1.82, 2.24) is 19.9 Å². The quantitative estimate of drug-likeness (QED) is 0.350. The SMILES string of the molecule is NS(=O)(=O)c1nn2c(-c3ccc(C(F)(F)F)cc3)c(-c3ccccc3Cl)cnc2c1C(=O)N[C@H]1CCS(=O)(=O)C1. The highest BCUT2D eigenvalue weighted by Gasteiger charge is 2.35. The molecule has 40 heavy (non-hydrogen) atoms. The van der Waals surface area contributed by atoms with Crippen molar-refractivity contribution >= 4 is 43.0 Å². The predicted octanol–water partition coefficient (Wildman–Crippen LogP) is 3.30. The summed E-state index contributed by atoms with van der Waals surface area (Å²) < 4.78 is 89.5. The molecule has 0 radical (unpaired) electrons. The third kappa shape index (κ3) is 5.29. The zero-order chi connectivity index (χ0) is 29.0. The number of hydrogen-bond acceptors (Lipinski definition) is 7. The molecule has 10 nitrogen and oxygen atoms in total. The predicted molar refractivity (Wildman–Crippen MR) is 140 cm³/mol. The van der Waals surface area contributed by atoms with Gasteiger partial charge >= 0.3 is 6.18 Å². The van der Waals surface area contributed by atoms with Gasteiger partial charge in [-0.05, 0) is 24.6 Å². The van der Waals surface area contributed by atoms with E-state index in [1.807, 2.05) is 0 Å². The number of sulfonamides is 1. The highest BCUT2D eigenvalue weighted by molar-refractivity contribution is 7.91. The van der Waals surface area contributed by atoms with Gasteiger partial charge in [0.2, 0.25) is 5.03 Å². The number of fused-ring (bicyclic) bond motifs is 1. The second kappa shape index (κ2) is 9.83. The average molecular weight is 614 g/mol. The Labute approximate surface area is 230 Å². The number of nitrogens with one attached hydrogen (secondary N) is 1. The van der Waals surface area contributed by atoms with Gasteiger partial charge in [0.15, 0.2) is 15.5 Å². The minimum absolute atomic E-state index is 0.0826. The smallest absolute Gasteiger partial charge is 0.348 e. The van der Waals surface area contributed by atoms with E-state index in [-0.39, 0.29) is 45.4 Å². The maximum Gasteiger partial charge on any atom is 0.416 e. The number of carbonyl (C=O) groups excluding carboxylic acids is 1. The van der Waals surface area contributed by atoms with Crippen molar-refractivity contribution in [3.8, 4) is 22.4 Å². The molecular weight excluding hydrogens is 595 g/mol. The first kappa shape index (κ1) is 28.0. The lowest BCUT2D eigenvalue weighted by atomic mass is 9.99. The number of nitrogens with two attached hydrogens (primary N) is 1. The van der Waals surface area contributed by atoms with E-state index in [0.717, 1.165) is 16.6 Å². The Morgan fingerprint density at radius 2 is 1.77 bits per heavy atom. The van der Waals surface area contributed by atoms with Crippen LogP contribution in [0.4, 0.5) is 13.2 Å². The molecule has 1 aliphatic rings. The Bertz CT molecular complexity index is 1880. The Balaban J connectivity index is 1.77. The average Bonchev–Trinajstić information content (AvgIpc) is 3.43. The number of amides is 1. The molecule has 210 valence electrons. The van der Waals surface area contributed by atoms with E-state index < -0.39 is 54.1 Å². The molecule has 1 aliphatic heterocycles. The van der Waals surface area contributed by atoms with Gasteiger partial charge in [-0.15, -0.1) is 0 Å². The number of aromatic nitrogens is 3. The van der Waals surface area contributed by atoms with Crippen LogP contribution in [0.25, 0.3) is 28.0 Å². The summed E-state index contributed by atoms with van der Waals surface area (Å²) in [6.07, 6.45) is -3.20. The van der Waals surface area contributed by atoms with Crippen LogP contribution in [0.5, 0.6) is 0 Å². The van der Waals surface area contributed by atoms with E-state index in [1.54, 1.807) is 24.3 Å². The molecule has 0 spiro atoms. The fourth-order valence-electron chi connectivity index (χ4n) is 4.50. The molecule has 1 amide bonds. The minimum Gasteiger partial charge on any atom is -0.348 e. The van der Waals surface area contributed by atoms with Crippen LogP contribution in [0.2, 0.25) is 5.02 Å². The van der Waals surface area contributed by atoms with E-state index in [2.05, 4.69) is 15.4 Å². The molecule has 4 aromatic rings. The molecule has 1 saturated heterocycles. The highest BCUT2D eigenvalue weighted by atomic mass is 35.5. The lowest BCUT2D eigenvalue weighted by Gasteiger charge is -2.14. The van der Waals surface area contributed by atoms with Gasteiger partial charge in [-0.2, -0.15) is 18.3 Å². The summed E-state index contributed by atoms with van der Waals surface area (Å²) in [5, 5.41) is 11.4. The molecule has 0 saturated carbocycles. The van der Waals surface area contributed by atoms with Crippen LogP contribution in [-0.2, 0) is 26.0 Å². The Morgan fingerprint density at radius 1 is 1.10 bits per heavy atom. The van der Waals surface area contributed by atoms with Gasteiger partial charge in [-0.25, -0.2) is 31.5 Å². The molecule has 3 heterocycles. The fraction of sp³-hybridized carbons (Fsp3) is 0.208. The third-order valence-electron chi connectivity index (χ3n) is 6.33. The number of alkyl halides is 3. The van der Waals surface area contributed by atoms with Crippen LogP contribution in [0, 0.1) is 0 Å². The first-order chi connectivity index (χ1) is 18.7. The summed E-state index contributed by atoms with van der Waals surface area (Å²) in [5.74, 6) is -1.45. The molecule has 2 aromatic carbocycles. The van der Waals surface area contributed by atoms with Gasteiger partial charge in [-0.1, -0.05) is 41.9 Å². The normalized spacial score (nSPS) is 17.3. The molecule has 2 aromatic heterocycles. The van der Waals surface area contributed by atoms with Gasteiger partial charge in [0, 0.05) is 34.0 Å². The lowest BCUT2D eigenvalue weighted by Crippen LogP contribution is -2.36. The topological polar surface area (TPSA) is 154 Å². The van der Waals surface area contributed by atoms with Crippen molar-refractivity contribution in [2.24, 2.45) is 5.14 Å². The van der Waals surface area contributed by atoms with E-state index in [0.29, 0.717) is 5.56 Å². The molecule has 0 bridgehead atoms. The van der Waals surface area contributed by atoms with Crippen LogP contribution in [-0.4, -0.2) is 54.9 Å². The molecule has 0 unspecified atom stereocenters. The summed E-state index contributed by atoms with van der Waals surface area (Å²) in [6, 6.07) is 9.76. The number of rotatable bonds is 5. The van der Waals surface area contributed by atoms with Crippen molar-refractivity contribution in [2.45, 2.75) is 23.7 Å². The first-order valence-corrected chi connectivity index (χ1v) is 15.3. The molecular formula is C24H19ClF3N5O5S2. The van der Waals surface area contributed by atoms with Crippen LogP contribution in [0.15, 0.2) is 59.8 Å². The van der Waals surface area contributed by atoms with Gasteiger partial charge in [0.25, 0.3) is 15.9 Å². The standard InChI is InChI=1S/C24H19ClF3N5O5S2/c25-18-4-2-1-3-16(18)17-11-30-21-19(22(34)31-15-9-10-39(35,36)12-15)23(40(29,37)38)32-33(21)20(17)13-5-7-14(8-6-13)24(26,27)28/h1-8,11,15H,9-10,12H2,(H,31,34)(H2,29,37,38)/t15-/m0/s1. The van der Waals surface area contributed by atoms with Gasteiger partial charge in [-0.3, -0.25) is 4.79 Å². The number of benzene rings is 2. The maximum atomic E-state index is 13.3. The van der Waals surface area contributed by atoms with E-state index in [9.17, 15) is 34.8 Å². The molecule has 1 atom stereocenters.